The van der Waals surface area contributed by atoms with Crippen LogP contribution in [0.5, 0.6) is 0 Å². The standard InChI is InChI=1S/C10H15N3O3/c1-7-6-8(13-12-7)10(16)11-5-3-2-4-9(14)15/h6H,2-5H2,1H3,(H,11,16)(H,12,13)(H,14,15). The Kier molecular flexibility index (Phi) is 4.50. The first-order chi connectivity index (χ1) is 7.59. The van der Waals surface area contributed by atoms with Crippen molar-refractivity contribution in [1.29, 1.82) is 0 Å². The van der Waals surface area contributed by atoms with Crippen LogP contribution in [-0.2, 0) is 4.79 Å². The Labute approximate surface area is 93.1 Å². The van der Waals surface area contributed by atoms with Crippen molar-refractivity contribution in [2.45, 2.75) is 26.2 Å². The predicted molar refractivity (Wildman–Crippen MR) is 57.1 cm³/mol. The fourth-order valence-corrected chi connectivity index (χ4v) is 1.23. The normalized spacial score (nSPS) is 10.1. The first kappa shape index (κ1) is 12.2. The lowest BCUT2D eigenvalue weighted by molar-refractivity contribution is -0.137. The van der Waals surface area contributed by atoms with Crippen molar-refractivity contribution < 1.29 is 14.7 Å². The molecular formula is C10H15N3O3. The number of aromatic nitrogens is 2. The SMILES string of the molecule is Cc1cc(C(=O)NCCCCC(=O)O)n[nH]1. The number of hydrogen-bond donors (Lipinski definition) is 3. The third kappa shape index (κ3) is 4.12. The van der Waals surface area contributed by atoms with Crippen LogP contribution in [-0.4, -0.2) is 33.7 Å². The van der Waals surface area contributed by atoms with Gasteiger partial charge in [-0.25, -0.2) is 0 Å². The molecule has 1 amide bonds. The molecule has 1 rings (SSSR count). The topological polar surface area (TPSA) is 95.1 Å². The Morgan fingerprint density at radius 2 is 2.25 bits per heavy atom. The lowest BCUT2D eigenvalue weighted by Gasteiger charge is -2.01. The van der Waals surface area contributed by atoms with Gasteiger partial charge in [0.05, 0.1) is 0 Å². The number of carbonyl (C=O) groups excluding carboxylic acids is 1. The number of nitrogens with one attached hydrogen (secondary N) is 2. The van der Waals surface area contributed by atoms with Crippen LogP contribution in [0.15, 0.2) is 6.07 Å². The molecule has 16 heavy (non-hydrogen) atoms. The largest absolute Gasteiger partial charge is 0.481 e. The van der Waals surface area contributed by atoms with E-state index in [1.54, 1.807) is 6.07 Å². The molecule has 0 fully saturated rings. The Balaban J connectivity index is 2.18. The zero-order valence-electron chi connectivity index (χ0n) is 9.12. The number of amides is 1. The van der Waals surface area contributed by atoms with Crippen molar-refractivity contribution in [3.8, 4) is 0 Å². The van der Waals surface area contributed by atoms with Gasteiger partial charge in [-0.05, 0) is 25.8 Å². The second kappa shape index (κ2) is 5.89. The van der Waals surface area contributed by atoms with Crippen molar-refractivity contribution in [2.24, 2.45) is 0 Å². The summed E-state index contributed by atoms with van der Waals surface area (Å²) in [6.07, 6.45) is 1.36. The van der Waals surface area contributed by atoms with Gasteiger partial charge in [-0.15, -0.1) is 0 Å². The third-order valence-corrected chi connectivity index (χ3v) is 2.04. The molecule has 0 bridgehead atoms. The van der Waals surface area contributed by atoms with Crippen LogP contribution in [0.2, 0.25) is 0 Å². The fraction of sp³-hybridized carbons (Fsp3) is 0.500. The Bertz CT molecular complexity index is 373. The second-order valence-corrected chi connectivity index (χ2v) is 3.54. The number of unbranched alkanes of at least 4 members (excludes halogenated alkanes) is 1. The van der Waals surface area contributed by atoms with Crippen LogP contribution in [0, 0.1) is 6.92 Å². The smallest absolute Gasteiger partial charge is 0.303 e. The van der Waals surface area contributed by atoms with Crippen molar-refractivity contribution >= 4 is 11.9 Å². The maximum absolute atomic E-state index is 11.4. The molecule has 0 radical (unpaired) electrons. The summed E-state index contributed by atoms with van der Waals surface area (Å²) in [4.78, 5) is 21.7. The number of H-pyrrole nitrogens is 1. The summed E-state index contributed by atoms with van der Waals surface area (Å²) in [6, 6.07) is 1.66. The molecule has 0 aliphatic rings. The average molecular weight is 225 g/mol. The van der Waals surface area contributed by atoms with E-state index < -0.39 is 5.97 Å². The number of carboxylic acids is 1. The maximum Gasteiger partial charge on any atom is 0.303 e. The molecule has 0 atom stereocenters. The van der Waals surface area contributed by atoms with Gasteiger partial charge >= 0.3 is 5.97 Å². The highest BCUT2D eigenvalue weighted by molar-refractivity contribution is 5.92. The van der Waals surface area contributed by atoms with Gasteiger partial charge in [-0.2, -0.15) is 5.10 Å². The zero-order valence-corrected chi connectivity index (χ0v) is 9.12. The summed E-state index contributed by atoms with van der Waals surface area (Å²) in [5, 5.41) is 17.6. The number of nitrogens with zero attached hydrogens (tertiary/aromatic N) is 1. The molecule has 6 nitrogen and oxygen atoms in total. The van der Waals surface area contributed by atoms with Gasteiger partial charge in [0.25, 0.3) is 5.91 Å². The highest BCUT2D eigenvalue weighted by Crippen LogP contribution is 1.98. The van der Waals surface area contributed by atoms with Gasteiger partial charge < -0.3 is 10.4 Å². The Morgan fingerprint density at radius 3 is 2.81 bits per heavy atom. The molecule has 0 saturated heterocycles. The van der Waals surface area contributed by atoms with E-state index in [1.807, 2.05) is 6.92 Å². The van der Waals surface area contributed by atoms with Gasteiger partial charge in [0.15, 0.2) is 0 Å². The summed E-state index contributed by atoms with van der Waals surface area (Å²) in [7, 11) is 0. The molecule has 0 aliphatic carbocycles. The van der Waals surface area contributed by atoms with Crippen molar-refractivity contribution in [3.63, 3.8) is 0 Å². The molecule has 0 spiro atoms. The molecule has 0 saturated carbocycles. The molecular weight excluding hydrogens is 210 g/mol. The summed E-state index contributed by atoms with van der Waals surface area (Å²) in [5.74, 6) is -1.05. The molecule has 88 valence electrons. The van der Waals surface area contributed by atoms with Crippen LogP contribution in [0.3, 0.4) is 0 Å². The van der Waals surface area contributed by atoms with E-state index in [0.717, 1.165) is 5.69 Å². The van der Waals surface area contributed by atoms with E-state index in [4.69, 9.17) is 5.11 Å². The minimum Gasteiger partial charge on any atom is -0.481 e. The average Bonchev–Trinajstić information content (AvgIpc) is 2.63. The molecule has 1 aromatic heterocycles. The lowest BCUT2D eigenvalue weighted by Crippen LogP contribution is -2.24. The molecule has 0 unspecified atom stereocenters. The van der Waals surface area contributed by atoms with E-state index in [-0.39, 0.29) is 12.3 Å². The number of aliphatic carboxylic acids is 1. The van der Waals surface area contributed by atoms with Gasteiger partial charge in [0.1, 0.15) is 5.69 Å². The van der Waals surface area contributed by atoms with Crippen molar-refractivity contribution in [2.75, 3.05) is 6.54 Å². The number of aryl methyl sites for hydroxylation is 1. The number of carboxylic acid groups (broad SMARTS) is 1. The first-order valence-electron chi connectivity index (χ1n) is 5.11. The Hall–Kier alpha value is -1.85. The van der Waals surface area contributed by atoms with Gasteiger partial charge in [-0.1, -0.05) is 0 Å². The first-order valence-corrected chi connectivity index (χ1v) is 5.11. The summed E-state index contributed by atoms with van der Waals surface area (Å²) < 4.78 is 0. The van der Waals surface area contributed by atoms with Crippen molar-refractivity contribution in [1.82, 2.24) is 15.5 Å². The monoisotopic (exact) mass is 225 g/mol. The van der Waals surface area contributed by atoms with Crippen LogP contribution in [0.4, 0.5) is 0 Å². The molecule has 3 N–H and O–H groups in total. The van der Waals surface area contributed by atoms with E-state index >= 15 is 0 Å². The van der Waals surface area contributed by atoms with Crippen LogP contribution < -0.4 is 5.32 Å². The zero-order chi connectivity index (χ0) is 12.0. The molecule has 6 heteroatoms. The van der Waals surface area contributed by atoms with Gasteiger partial charge in [0, 0.05) is 18.7 Å². The number of aromatic amines is 1. The number of hydrogen-bond acceptors (Lipinski definition) is 3. The van der Waals surface area contributed by atoms with E-state index in [0.29, 0.717) is 25.1 Å². The highest BCUT2D eigenvalue weighted by atomic mass is 16.4. The predicted octanol–water partition coefficient (Wildman–Crippen LogP) is 0.703. The second-order valence-electron chi connectivity index (χ2n) is 3.54. The van der Waals surface area contributed by atoms with Crippen LogP contribution >= 0.6 is 0 Å². The lowest BCUT2D eigenvalue weighted by atomic mass is 10.2. The number of rotatable bonds is 6. The van der Waals surface area contributed by atoms with E-state index in [9.17, 15) is 9.59 Å². The number of carbonyl (C=O) groups is 2. The molecule has 1 heterocycles. The molecule has 1 aromatic rings. The summed E-state index contributed by atoms with van der Waals surface area (Å²) in [6.45, 7) is 2.29. The fourth-order valence-electron chi connectivity index (χ4n) is 1.23. The van der Waals surface area contributed by atoms with Gasteiger partial charge in [0.2, 0.25) is 0 Å². The van der Waals surface area contributed by atoms with E-state index in [2.05, 4.69) is 15.5 Å². The maximum atomic E-state index is 11.4. The third-order valence-electron chi connectivity index (χ3n) is 2.04. The van der Waals surface area contributed by atoms with E-state index in [1.165, 1.54) is 0 Å². The highest BCUT2D eigenvalue weighted by Gasteiger charge is 2.07. The summed E-state index contributed by atoms with van der Waals surface area (Å²) >= 11 is 0. The minimum absolute atomic E-state index is 0.136. The van der Waals surface area contributed by atoms with Crippen molar-refractivity contribution in [3.05, 3.63) is 17.5 Å². The van der Waals surface area contributed by atoms with Crippen LogP contribution in [0.1, 0.15) is 35.4 Å². The molecule has 0 aliphatic heterocycles. The summed E-state index contributed by atoms with van der Waals surface area (Å²) in [5.41, 5.74) is 1.19. The van der Waals surface area contributed by atoms with Gasteiger partial charge in [-0.3, -0.25) is 14.7 Å². The quantitative estimate of drug-likeness (QED) is 0.621. The van der Waals surface area contributed by atoms with Crippen LogP contribution in [0.25, 0.3) is 0 Å². The molecule has 0 aromatic carbocycles. The minimum atomic E-state index is -0.811. The Morgan fingerprint density at radius 1 is 1.50 bits per heavy atom.